The average Bonchev–Trinajstić information content (AvgIpc) is 2.93. The fourth-order valence-electron chi connectivity index (χ4n) is 3.09. The van der Waals surface area contributed by atoms with Crippen molar-refractivity contribution in [2.24, 2.45) is 0 Å². The van der Waals surface area contributed by atoms with Crippen LogP contribution in [0.25, 0.3) is 0 Å². The molecule has 0 spiro atoms. The Labute approximate surface area is 135 Å². The monoisotopic (exact) mass is 315 g/mol. The Morgan fingerprint density at radius 2 is 2.26 bits per heavy atom. The molecule has 0 saturated heterocycles. The molecule has 2 N–H and O–H groups in total. The van der Waals surface area contributed by atoms with Gasteiger partial charge >= 0.3 is 6.03 Å². The van der Waals surface area contributed by atoms with Crippen LogP contribution < -0.4 is 5.32 Å². The third-order valence-corrected chi connectivity index (χ3v) is 4.35. The summed E-state index contributed by atoms with van der Waals surface area (Å²) in [5.74, 6) is 0.591. The zero-order valence-corrected chi connectivity index (χ0v) is 13.4. The Kier molecular flexibility index (Phi) is 4.34. The van der Waals surface area contributed by atoms with Crippen molar-refractivity contribution >= 4 is 11.7 Å². The number of aromatic nitrogens is 1. The number of hydrogen-bond acceptors (Lipinski definition) is 4. The number of anilines is 1. The Morgan fingerprint density at radius 1 is 1.48 bits per heavy atom. The van der Waals surface area contributed by atoms with Crippen molar-refractivity contribution in [1.82, 2.24) is 10.1 Å². The molecule has 0 fully saturated rings. The van der Waals surface area contributed by atoms with E-state index < -0.39 is 0 Å². The van der Waals surface area contributed by atoms with E-state index in [9.17, 15) is 9.90 Å². The summed E-state index contributed by atoms with van der Waals surface area (Å²) in [6.07, 6.45) is 1.46. The molecule has 1 aliphatic heterocycles. The van der Waals surface area contributed by atoms with Gasteiger partial charge < -0.3 is 19.8 Å². The summed E-state index contributed by atoms with van der Waals surface area (Å²) in [7, 11) is 0. The van der Waals surface area contributed by atoms with Gasteiger partial charge in [-0.1, -0.05) is 36.3 Å². The Morgan fingerprint density at radius 3 is 3.00 bits per heavy atom. The number of nitrogens with zero attached hydrogens (tertiary/aromatic N) is 2. The van der Waals surface area contributed by atoms with Crippen LogP contribution >= 0.6 is 0 Å². The minimum Gasteiger partial charge on any atom is -0.394 e. The van der Waals surface area contributed by atoms with Crippen molar-refractivity contribution in [3.63, 3.8) is 0 Å². The summed E-state index contributed by atoms with van der Waals surface area (Å²) in [6, 6.07) is 7.37. The number of aliphatic hydroxyl groups is 1. The number of carbonyl (C=O) groups is 1. The number of urea groups is 1. The largest absolute Gasteiger partial charge is 0.394 e. The van der Waals surface area contributed by atoms with Crippen LogP contribution in [0.4, 0.5) is 10.5 Å². The first kappa shape index (κ1) is 15.6. The number of amides is 2. The molecule has 2 aromatic rings. The van der Waals surface area contributed by atoms with Crippen molar-refractivity contribution in [3.8, 4) is 0 Å². The minimum absolute atomic E-state index is 0.103. The molecule has 1 aromatic heterocycles. The topological polar surface area (TPSA) is 78.6 Å². The lowest BCUT2D eigenvalue weighted by Crippen LogP contribution is -2.44. The zero-order valence-electron chi connectivity index (χ0n) is 13.4. The van der Waals surface area contributed by atoms with Crippen LogP contribution in [0.15, 0.2) is 28.8 Å². The quantitative estimate of drug-likeness (QED) is 0.912. The molecule has 3 rings (SSSR count). The van der Waals surface area contributed by atoms with Gasteiger partial charge in [0, 0.05) is 6.54 Å². The van der Waals surface area contributed by atoms with Gasteiger partial charge in [-0.15, -0.1) is 0 Å². The summed E-state index contributed by atoms with van der Waals surface area (Å²) < 4.78 is 5.15. The van der Waals surface area contributed by atoms with Crippen LogP contribution in [-0.2, 0) is 12.8 Å². The molecule has 23 heavy (non-hydrogen) atoms. The summed E-state index contributed by atoms with van der Waals surface area (Å²) in [5, 5.41) is 16.6. The lowest BCUT2D eigenvalue weighted by molar-refractivity contribution is 0.135. The highest BCUT2D eigenvalue weighted by Gasteiger charge is 2.31. The maximum Gasteiger partial charge on any atom is 0.322 e. The van der Waals surface area contributed by atoms with Gasteiger partial charge in [-0.25, -0.2) is 4.79 Å². The summed E-state index contributed by atoms with van der Waals surface area (Å²) in [6.45, 7) is 4.20. The first-order valence-electron chi connectivity index (χ1n) is 7.87. The summed E-state index contributed by atoms with van der Waals surface area (Å²) in [4.78, 5) is 14.4. The van der Waals surface area contributed by atoms with Gasteiger partial charge in [0.25, 0.3) is 0 Å². The summed E-state index contributed by atoms with van der Waals surface area (Å²) in [5.41, 5.74) is 3.56. The molecule has 122 valence electrons. The van der Waals surface area contributed by atoms with Crippen LogP contribution in [0.2, 0.25) is 0 Å². The van der Waals surface area contributed by atoms with Crippen LogP contribution in [-0.4, -0.2) is 34.3 Å². The molecular formula is C17H21N3O3. The lowest BCUT2D eigenvalue weighted by Gasteiger charge is -2.36. The third-order valence-electron chi connectivity index (χ3n) is 4.35. The number of aliphatic hydroxyl groups excluding tert-OH is 1. The minimum atomic E-state index is -0.329. The number of hydrogen-bond donors (Lipinski definition) is 2. The number of aryl methyl sites for hydroxylation is 2. The van der Waals surface area contributed by atoms with Gasteiger partial charge in [0.05, 0.1) is 12.6 Å². The SMILES string of the molecule is CCc1noc(C)c1NC(=O)N1CCc2ccccc2C1CO. The molecule has 2 heterocycles. The molecule has 0 radical (unpaired) electrons. The molecule has 6 nitrogen and oxygen atoms in total. The molecular weight excluding hydrogens is 294 g/mol. The van der Waals surface area contributed by atoms with Crippen LogP contribution in [0.1, 0.15) is 35.5 Å². The van der Waals surface area contributed by atoms with Gasteiger partial charge in [-0.3, -0.25) is 0 Å². The van der Waals surface area contributed by atoms with Crippen molar-refractivity contribution in [2.75, 3.05) is 18.5 Å². The highest BCUT2D eigenvalue weighted by Crippen LogP contribution is 2.30. The molecule has 0 aliphatic carbocycles. The normalized spacial score (nSPS) is 17.0. The van der Waals surface area contributed by atoms with Crippen molar-refractivity contribution < 1.29 is 14.4 Å². The Balaban J connectivity index is 1.84. The number of fused-ring (bicyclic) bond motifs is 1. The van der Waals surface area contributed by atoms with E-state index >= 15 is 0 Å². The molecule has 0 saturated carbocycles. The zero-order chi connectivity index (χ0) is 16.4. The van der Waals surface area contributed by atoms with Gasteiger partial charge in [0.2, 0.25) is 0 Å². The molecule has 6 heteroatoms. The second-order valence-electron chi connectivity index (χ2n) is 5.68. The second-order valence-corrected chi connectivity index (χ2v) is 5.68. The standard InChI is InChI=1S/C17H21N3O3/c1-3-14-16(11(2)23-19-14)18-17(22)20-9-8-12-6-4-5-7-13(12)15(20)10-21/h4-7,15,21H,3,8-10H2,1-2H3,(H,18,22). The Bertz CT molecular complexity index is 711. The molecule has 1 unspecified atom stereocenters. The van der Waals surface area contributed by atoms with E-state index in [0.29, 0.717) is 24.4 Å². The van der Waals surface area contributed by atoms with Crippen molar-refractivity contribution in [3.05, 3.63) is 46.8 Å². The van der Waals surface area contributed by atoms with Crippen LogP contribution in [0.5, 0.6) is 0 Å². The van der Waals surface area contributed by atoms with E-state index in [2.05, 4.69) is 10.5 Å². The molecule has 1 aliphatic rings. The highest BCUT2D eigenvalue weighted by atomic mass is 16.5. The predicted octanol–water partition coefficient (Wildman–Crippen LogP) is 2.67. The van der Waals surface area contributed by atoms with Crippen LogP contribution in [0.3, 0.4) is 0 Å². The molecule has 1 aromatic carbocycles. The van der Waals surface area contributed by atoms with Gasteiger partial charge in [0.1, 0.15) is 11.4 Å². The van der Waals surface area contributed by atoms with E-state index in [-0.39, 0.29) is 18.7 Å². The maximum absolute atomic E-state index is 12.7. The van der Waals surface area contributed by atoms with E-state index in [1.165, 1.54) is 5.56 Å². The highest BCUT2D eigenvalue weighted by molar-refractivity contribution is 5.91. The smallest absolute Gasteiger partial charge is 0.322 e. The number of nitrogens with one attached hydrogen (secondary N) is 1. The fraction of sp³-hybridized carbons (Fsp3) is 0.412. The first-order chi connectivity index (χ1) is 11.2. The number of rotatable bonds is 3. The Hall–Kier alpha value is -2.34. The summed E-state index contributed by atoms with van der Waals surface area (Å²) >= 11 is 0. The van der Waals surface area contributed by atoms with E-state index in [0.717, 1.165) is 17.7 Å². The van der Waals surface area contributed by atoms with Gasteiger partial charge in [-0.2, -0.15) is 0 Å². The van der Waals surface area contributed by atoms with E-state index in [4.69, 9.17) is 4.52 Å². The van der Waals surface area contributed by atoms with Crippen molar-refractivity contribution in [2.45, 2.75) is 32.7 Å². The van der Waals surface area contributed by atoms with Crippen molar-refractivity contribution in [1.29, 1.82) is 0 Å². The van der Waals surface area contributed by atoms with Gasteiger partial charge in [0.15, 0.2) is 5.76 Å². The van der Waals surface area contributed by atoms with Gasteiger partial charge in [-0.05, 0) is 30.9 Å². The lowest BCUT2D eigenvalue weighted by atomic mass is 9.93. The molecule has 0 bridgehead atoms. The first-order valence-corrected chi connectivity index (χ1v) is 7.87. The fourth-order valence-corrected chi connectivity index (χ4v) is 3.09. The maximum atomic E-state index is 12.7. The number of benzene rings is 1. The van der Waals surface area contributed by atoms with Crippen LogP contribution in [0, 0.1) is 6.92 Å². The second kappa shape index (κ2) is 6.42. The van der Waals surface area contributed by atoms with E-state index in [1.807, 2.05) is 31.2 Å². The molecule has 1 atom stereocenters. The molecule has 2 amide bonds. The predicted molar refractivity (Wildman–Crippen MR) is 86.3 cm³/mol. The van der Waals surface area contributed by atoms with E-state index in [1.54, 1.807) is 11.8 Å². The average molecular weight is 315 g/mol. The third kappa shape index (κ3) is 2.82. The number of carbonyl (C=O) groups excluding carboxylic acids is 1.